The maximum absolute atomic E-state index is 12.5. The van der Waals surface area contributed by atoms with E-state index in [1.165, 1.54) is 6.33 Å². The van der Waals surface area contributed by atoms with Gasteiger partial charge >= 0.3 is 12.2 Å². The van der Waals surface area contributed by atoms with E-state index < -0.39 is 5.60 Å². The molecule has 4 aliphatic heterocycles. The van der Waals surface area contributed by atoms with Gasteiger partial charge in [-0.25, -0.2) is 33.9 Å². The number of nitrogens with one attached hydrogen (secondary N) is 2. The highest BCUT2D eigenvalue weighted by atomic mass is 16.6. The zero-order valence-corrected chi connectivity index (χ0v) is 47.7. The van der Waals surface area contributed by atoms with Crippen molar-refractivity contribution in [3.63, 3.8) is 0 Å². The molecular weight excluding hydrogens is 1030 g/mol. The molecule has 2 amide bonds. The van der Waals surface area contributed by atoms with Crippen LogP contribution in [0.1, 0.15) is 104 Å². The van der Waals surface area contributed by atoms with E-state index in [0.717, 1.165) is 133 Å². The number of anilines is 1. The zero-order chi connectivity index (χ0) is 56.8. The summed E-state index contributed by atoms with van der Waals surface area (Å²) >= 11 is 0. The molecule has 21 heteroatoms. The first kappa shape index (κ1) is 56.4. The Kier molecular flexibility index (Phi) is 17.0. The van der Waals surface area contributed by atoms with Crippen molar-refractivity contribution in [3.05, 3.63) is 107 Å². The van der Waals surface area contributed by atoms with Gasteiger partial charge in [0.1, 0.15) is 45.9 Å². The maximum Gasteiger partial charge on any atom is 0.410 e. The van der Waals surface area contributed by atoms with Gasteiger partial charge in [0.15, 0.2) is 24.0 Å². The summed E-state index contributed by atoms with van der Waals surface area (Å²) in [5.41, 5.74) is 4.14. The summed E-state index contributed by atoms with van der Waals surface area (Å²) in [6, 6.07) is 19.5. The van der Waals surface area contributed by atoms with Gasteiger partial charge in [0.2, 0.25) is 0 Å². The standard InChI is InChI=1S/C30H36N6O4.C21H20N4O3.C9H18N2O2/c1-20-11-12-23-22(18-33-36(23)25-10-5-6-17-38-25)27(20)39-24-9-7-8-21-26(24)31-19-32-28(21)34-13-15-35(16-14-34)29(37)40-30(2,3)4;1-13-8-9-16-15(11-24-25(16)18-7-2-3-10-27-18)20(13)28-17-6-4-5-14-19(17)22-12-23-21(14)26;1-9(2,3)13-8(12)11-6-4-10-5-7-11/h7-9,11-12,18-19,25H,5-6,10,13-17H2,1-4H3;4-6,8-9,11-12,18H,2-3,7,10H2,1H3,(H,22,23,26);10H,4-7H2,1-3H3. The summed E-state index contributed by atoms with van der Waals surface area (Å²) < 4.78 is 39.5. The topological polar surface area (TPSA) is 218 Å². The highest BCUT2D eigenvalue weighted by Gasteiger charge is 2.29. The number of H-pyrrole nitrogens is 1. The van der Waals surface area contributed by atoms with Gasteiger partial charge in [-0.3, -0.25) is 4.79 Å². The van der Waals surface area contributed by atoms with Gasteiger partial charge in [-0.1, -0.05) is 24.3 Å². The normalized spacial score (nSPS) is 18.0. The number of benzene rings is 4. The van der Waals surface area contributed by atoms with Crippen molar-refractivity contribution >= 4 is 61.6 Å². The van der Waals surface area contributed by atoms with Gasteiger partial charge in [-0.05, 0) is 141 Å². The molecule has 2 unspecified atom stereocenters. The molecule has 2 atom stereocenters. The van der Waals surface area contributed by atoms with Gasteiger partial charge in [0, 0.05) is 71.0 Å². The number of hydrogen-bond donors (Lipinski definition) is 2. The number of aryl methyl sites for hydroxylation is 2. The lowest BCUT2D eigenvalue weighted by atomic mass is 10.1. The highest BCUT2D eigenvalue weighted by Crippen LogP contribution is 2.40. The number of rotatable bonds is 7. The molecule has 4 aromatic heterocycles. The Labute approximate surface area is 470 Å². The SMILES string of the molecule is CC(C)(C)OC(=O)N1CCNCC1.Cc1ccc2c(cnn2C2CCCCO2)c1Oc1cccc2c(=O)[nH]cnc12.Cc1ccc2c(cnn2C2CCCCO2)c1Oc1cccc2c(N3CCN(C(=O)OC(C)(C)C)CC3)ncnc12. The van der Waals surface area contributed by atoms with Gasteiger partial charge in [0.25, 0.3) is 5.56 Å². The molecule has 8 aromatic rings. The fourth-order valence-electron chi connectivity index (χ4n) is 10.3. The molecule has 4 aromatic carbocycles. The van der Waals surface area contributed by atoms with Crippen LogP contribution in [0.25, 0.3) is 43.6 Å². The summed E-state index contributed by atoms with van der Waals surface area (Å²) in [5.74, 6) is 3.51. The second-order valence-electron chi connectivity index (χ2n) is 22.7. The minimum Gasteiger partial charge on any atom is -0.454 e. The molecule has 4 aliphatic rings. The molecule has 12 rings (SSSR count). The highest BCUT2D eigenvalue weighted by molar-refractivity contribution is 5.95. The van der Waals surface area contributed by atoms with E-state index in [9.17, 15) is 14.4 Å². The lowest BCUT2D eigenvalue weighted by molar-refractivity contribution is -0.0367. The van der Waals surface area contributed by atoms with Crippen LogP contribution in [0.4, 0.5) is 15.4 Å². The molecule has 0 spiro atoms. The molecule has 81 heavy (non-hydrogen) atoms. The van der Waals surface area contributed by atoms with Crippen LogP contribution in [-0.4, -0.2) is 138 Å². The minimum absolute atomic E-state index is 0.0420. The first-order chi connectivity index (χ1) is 39.0. The summed E-state index contributed by atoms with van der Waals surface area (Å²) in [7, 11) is 0. The van der Waals surface area contributed by atoms with E-state index in [-0.39, 0.29) is 35.8 Å². The van der Waals surface area contributed by atoms with Crippen LogP contribution >= 0.6 is 0 Å². The van der Waals surface area contributed by atoms with Crippen molar-refractivity contribution in [2.24, 2.45) is 0 Å². The number of aromatic nitrogens is 8. The lowest BCUT2D eigenvalue weighted by Gasteiger charge is -2.36. The summed E-state index contributed by atoms with van der Waals surface area (Å²) in [5, 5.41) is 15.7. The van der Waals surface area contributed by atoms with Crippen LogP contribution in [0.15, 0.2) is 90.5 Å². The molecule has 0 radical (unpaired) electrons. The number of hydrogen-bond acceptors (Lipinski definition) is 16. The summed E-state index contributed by atoms with van der Waals surface area (Å²) in [4.78, 5) is 57.9. The molecule has 21 nitrogen and oxygen atoms in total. The van der Waals surface area contributed by atoms with Gasteiger partial charge in [0.05, 0.1) is 45.9 Å². The number of nitrogens with zero attached hydrogens (tertiary/aromatic N) is 10. The van der Waals surface area contributed by atoms with E-state index in [0.29, 0.717) is 54.3 Å². The van der Waals surface area contributed by atoms with Crippen LogP contribution < -0.4 is 25.2 Å². The van der Waals surface area contributed by atoms with Crippen LogP contribution in [-0.2, 0) is 18.9 Å². The third-order valence-corrected chi connectivity index (χ3v) is 14.4. The average Bonchev–Trinajstić information content (AvgIpc) is 4.23. The van der Waals surface area contributed by atoms with E-state index in [4.69, 9.17) is 28.4 Å². The first-order valence-corrected chi connectivity index (χ1v) is 28.1. The van der Waals surface area contributed by atoms with E-state index in [1.807, 2.05) is 107 Å². The van der Waals surface area contributed by atoms with Crippen molar-refractivity contribution in [2.75, 3.05) is 70.5 Å². The van der Waals surface area contributed by atoms with Gasteiger partial charge in [-0.2, -0.15) is 10.2 Å². The number of para-hydroxylation sites is 2. The minimum atomic E-state index is -0.515. The number of piperazine rings is 2. The van der Waals surface area contributed by atoms with Gasteiger partial charge in [-0.15, -0.1) is 0 Å². The molecule has 0 bridgehead atoms. The molecule has 8 heterocycles. The van der Waals surface area contributed by atoms with Gasteiger partial charge < -0.3 is 53.4 Å². The summed E-state index contributed by atoms with van der Waals surface area (Å²) in [6.45, 7) is 22.5. The predicted octanol–water partition coefficient (Wildman–Crippen LogP) is 10.7. The molecule has 0 aliphatic carbocycles. The van der Waals surface area contributed by atoms with Crippen molar-refractivity contribution in [2.45, 2.75) is 118 Å². The third kappa shape index (κ3) is 13.2. The number of fused-ring (bicyclic) bond motifs is 4. The summed E-state index contributed by atoms with van der Waals surface area (Å²) in [6.07, 6.45) is 12.5. The van der Waals surface area contributed by atoms with Crippen molar-refractivity contribution in [1.29, 1.82) is 0 Å². The molecule has 0 saturated carbocycles. The number of aromatic amines is 1. The van der Waals surface area contributed by atoms with Crippen molar-refractivity contribution in [1.82, 2.24) is 54.6 Å². The second-order valence-corrected chi connectivity index (χ2v) is 22.7. The van der Waals surface area contributed by atoms with Crippen molar-refractivity contribution in [3.8, 4) is 23.0 Å². The predicted molar refractivity (Wildman–Crippen MR) is 309 cm³/mol. The van der Waals surface area contributed by atoms with Crippen LogP contribution in [0, 0.1) is 13.8 Å². The molecule has 2 N–H and O–H groups in total. The first-order valence-electron chi connectivity index (χ1n) is 28.1. The zero-order valence-electron chi connectivity index (χ0n) is 47.7. The molecule has 4 fully saturated rings. The Morgan fingerprint density at radius 1 is 0.593 bits per heavy atom. The van der Waals surface area contributed by atoms with Crippen LogP contribution in [0.2, 0.25) is 0 Å². The largest absolute Gasteiger partial charge is 0.454 e. The molecular formula is C60H74N12O9. The fraction of sp³-hybridized carbons (Fsp3) is 0.467. The lowest BCUT2D eigenvalue weighted by Crippen LogP contribution is -2.50. The Morgan fingerprint density at radius 2 is 1.10 bits per heavy atom. The van der Waals surface area contributed by atoms with E-state index >= 15 is 0 Å². The Balaban J connectivity index is 0.000000155. The second kappa shape index (κ2) is 24.5. The Morgan fingerprint density at radius 3 is 1.60 bits per heavy atom. The Bertz CT molecular complexity index is 3560. The molecule has 428 valence electrons. The number of carbonyl (C=O) groups is 2. The van der Waals surface area contributed by atoms with E-state index in [1.54, 1.807) is 28.3 Å². The number of carbonyl (C=O) groups excluding carboxylic acids is 2. The third-order valence-electron chi connectivity index (χ3n) is 14.4. The fourth-order valence-corrected chi connectivity index (χ4v) is 10.3. The van der Waals surface area contributed by atoms with Crippen molar-refractivity contribution < 1.29 is 38.0 Å². The smallest absolute Gasteiger partial charge is 0.410 e. The number of amides is 2. The Hall–Kier alpha value is -7.88. The number of ether oxygens (including phenoxy) is 6. The monoisotopic (exact) mass is 1110 g/mol. The van der Waals surface area contributed by atoms with Crippen LogP contribution in [0.5, 0.6) is 23.0 Å². The van der Waals surface area contributed by atoms with E-state index in [2.05, 4.69) is 58.5 Å². The maximum atomic E-state index is 12.5. The molecule has 4 saturated heterocycles. The average molecular weight is 1110 g/mol. The quantitative estimate of drug-likeness (QED) is 0.152. The van der Waals surface area contributed by atoms with Crippen LogP contribution in [0.3, 0.4) is 0 Å².